The number of rotatable bonds is 6. The molecule has 0 fully saturated rings. The van der Waals surface area contributed by atoms with Crippen LogP contribution in [0.5, 0.6) is 0 Å². The molecule has 2 N–H and O–H groups in total. The molecule has 0 aliphatic carbocycles. The van der Waals surface area contributed by atoms with Crippen LogP contribution in [0.1, 0.15) is 17.2 Å². The number of thiophene rings is 1. The Morgan fingerprint density at radius 2 is 1.59 bits per heavy atom. The molecule has 0 unspecified atom stereocenters. The Morgan fingerprint density at radius 1 is 0.931 bits per heavy atom. The summed E-state index contributed by atoms with van der Waals surface area (Å²) in [7, 11) is -3.97. The molecule has 10 heteroatoms. The van der Waals surface area contributed by atoms with E-state index in [1.165, 1.54) is 6.07 Å². The monoisotopic (exact) mass is 440 g/mol. The molecule has 152 valence electrons. The van der Waals surface area contributed by atoms with Gasteiger partial charge in [0.15, 0.2) is 0 Å². The van der Waals surface area contributed by atoms with Crippen LogP contribution >= 0.6 is 11.3 Å². The standard InChI is InChI=1S/C19H15F3N2O3S2/c20-19(21,22)14-8-10-15(11-9-14)23-18(25)17(13-5-2-1-3-6-13)24-29(26,27)16-7-4-12-28-16/h1-12,17,24H,(H,23,25)/t17-/m0/s1. The fourth-order valence-corrected chi connectivity index (χ4v) is 4.70. The maximum absolute atomic E-state index is 12.8. The number of hydrogen-bond acceptors (Lipinski definition) is 4. The van der Waals surface area contributed by atoms with Crippen molar-refractivity contribution in [3.05, 3.63) is 83.2 Å². The second-order valence-corrected chi connectivity index (χ2v) is 8.85. The van der Waals surface area contributed by atoms with Gasteiger partial charge in [-0.25, -0.2) is 8.42 Å². The van der Waals surface area contributed by atoms with Gasteiger partial charge in [0.05, 0.1) is 5.56 Å². The first-order valence-corrected chi connectivity index (χ1v) is 10.6. The van der Waals surface area contributed by atoms with E-state index in [4.69, 9.17) is 0 Å². The summed E-state index contributed by atoms with van der Waals surface area (Å²) in [6.45, 7) is 0. The summed E-state index contributed by atoms with van der Waals surface area (Å²) in [4.78, 5) is 12.8. The van der Waals surface area contributed by atoms with Crippen LogP contribution in [0.15, 0.2) is 76.3 Å². The fraction of sp³-hybridized carbons (Fsp3) is 0.105. The number of hydrogen-bond donors (Lipinski definition) is 2. The first-order valence-electron chi connectivity index (χ1n) is 8.26. The summed E-state index contributed by atoms with van der Waals surface area (Å²) >= 11 is 0.998. The molecule has 5 nitrogen and oxygen atoms in total. The van der Waals surface area contributed by atoms with Crippen molar-refractivity contribution >= 4 is 33.0 Å². The second-order valence-electron chi connectivity index (χ2n) is 5.96. The molecule has 1 heterocycles. The minimum Gasteiger partial charge on any atom is -0.324 e. The van der Waals surface area contributed by atoms with Crippen LogP contribution < -0.4 is 10.0 Å². The SMILES string of the molecule is O=C(Nc1ccc(C(F)(F)F)cc1)[C@@H](NS(=O)(=O)c1cccs1)c1ccccc1. The average molecular weight is 440 g/mol. The van der Waals surface area contributed by atoms with Crippen LogP contribution in [-0.2, 0) is 21.0 Å². The normalized spacial score (nSPS) is 13.1. The maximum Gasteiger partial charge on any atom is 0.416 e. The molecule has 3 aromatic rings. The number of amides is 1. The molecule has 0 aliphatic rings. The van der Waals surface area contributed by atoms with Crippen LogP contribution in [0.3, 0.4) is 0 Å². The van der Waals surface area contributed by atoms with E-state index in [0.29, 0.717) is 5.56 Å². The molecule has 1 amide bonds. The van der Waals surface area contributed by atoms with E-state index in [1.54, 1.807) is 41.8 Å². The zero-order valence-electron chi connectivity index (χ0n) is 14.7. The Kier molecular flexibility index (Phi) is 6.06. The van der Waals surface area contributed by atoms with E-state index < -0.39 is 33.7 Å². The molecular formula is C19H15F3N2O3S2. The van der Waals surface area contributed by atoms with Gasteiger partial charge in [0.2, 0.25) is 5.91 Å². The van der Waals surface area contributed by atoms with Crippen molar-refractivity contribution in [2.75, 3.05) is 5.32 Å². The zero-order chi connectivity index (χ0) is 21.1. The third-order valence-electron chi connectivity index (χ3n) is 3.91. The molecule has 2 aromatic carbocycles. The van der Waals surface area contributed by atoms with Gasteiger partial charge in [-0.05, 0) is 41.3 Å². The Labute approximate surface area is 169 Å². The van der Waals surface area contributed by atoms with Crippen molar-refractivity contribution in [3.63, 3.8) is 0 Å². The van der Waals surface area contributed by atoms with Crippen molar-refractivity contribution in [3.8, 4) is 0 Å². The first kappa shape index (κ1) is 21.0. The number of sulfonamides is 1. The summed E-state index contributed by atoms with van der Waals surface area (Å²) in [5.41, 5.74) is -0.357. The molecular weight excluding hydrogens is 425 g/mol. The predicted molar refractivity (Wildman–Crippen MR) is 104 cm³/mol. The molecule has 0 saturated heterocycles. The van der Waals surface area contributed by atoms with E-state index in [9.17, 15) is 26.4 Å². The molecule has 1 atom stereocenters. The third-order valence-corrected chi connectivity index (χ3v) is 6.73. The average Bonchev–Trinajstić information content (AvgIpc) is 3.22. The minimum absolute atomic E-state index is 0.0424. The van der Waals surface area contributed by atoms with E-state index in [-0.39, 0.29) is 9.90 Å². The molecule has 0 aliphatic heterocycles. The van der Waals surface area contributed by atoms with Gasteiger partial charge in [0, 0.05) is 5.69 Å². The predicted octanol–water partition coefficient (Wildman–Crippen LogP) is 4.43. The summed E-state index contributed by atoms with van der Waals surface area (Å²) in [6, 6.07) is 13.7. The topological polar surface area (TPSA) is 75.3 Å². The van der Waals surface area contributed by atoms with E-state index in [1.807, 2.05) is 0 Å². The van der Waals surface area contributed by atoms with Crippen molar-refractivity contribution < 1.29 is 26.4 Å². The highest BCUT2D eigenvalue weighted by molar-refractivity contribution is 7.91. The lowest BCUT2D eigenvalue weighted by atomic mass is 10.1. The number of halogens is 3. The highest BCUT2D eigenvalue weighted by atomic mass is 32.2. The Hall–Kier alpha value is -2.69. The lowest BCUT2D eigenvalue weighted by Crippen LogP contribution is -2.36. The number of anilines is 1. The smallest absolute Gasteiger partial charge is 0.324 e. The second kappa shape index (κ2) is 8.36. The van der Waals surface area contributed by atoms with Crippen molar-refractivity contribution in [2.24, 2.45) is 0 Å². The number of nitrogens with one attached hydrogen (secondary N) is 2. The molecule has 0 spiro atoms. The van der Waals surface area contributed by atoms with E-state index in [0.717, 1.165) is 35.6 Å². The van der Waals surface area contributed by atoms with E-state index >= 15 is 0 Å². The van der Waals surface area contributed by atoms with Crippen LogP contribution in [0.4, 0.5) is 18.9 Å². The number of alkyl halides is 3. The summed E-state index contributed by atoms with van der Waals surface area (Å²) in [5.74, 6) is -0.726. The maximum atomic E-state index is 12.8. The number of carbonyl (C=O) groups excluding carboxylic acids is 1. The highest BCUT2D eigenvalue weighted by Gasteiger charge is 2.31. The van der Waals surface area contributed by atoms with Gasteiger partial charge in [-0.1, -0.05) is 36.4 Å². The van der Waals surface area contributed by atoms with Crippen LogP contribution in [0.2, 0.25) is 0 Å². The zero-order valence-corrected chi connectivity index (χ0v) is 16.3. The molecule has 0 radical (unpaired) electrons. The van der Waals surface area contributed by atoms with Crippen LogP contribution in [-0.4, -0.2) is 14.3 Å². The quantitative estimate of drug-likeness (QED) is 0.596. The minimum atomic E-state index is -4.49. The lowest BCUT2D eigenvalue weighted by Gasteiger charge is -2.19. The summed E-state index contributed by atoms with van der Waals surface area (Å²) < 4.78 is 65.6. The van der Waals surface area contributed by atoms with Crippen molar-refractivity contribution in [2.45, 2.75) is 16.4 Å². The van der Waals surface area contributed by atoms with Gasteiger partial charge in [0.1, 0.15) is 10.3 Å². The third kappa shape index (κ3) is 5.22. The lowest BCUT2D eigenvalue weighted by molar-refractivity contribution is -0.137. The van der Waals surface area contributed by atoms with Gasteiger partial charge in [-0.3, -0.25) is 4.79 Å². The van der Waals surface area contributed by atoms with Gasteiger partial charge in [0.25, 0.3) is 10.0 Å². The van der Waals surface area contributed by atoms with E-state index in [2.05, 4.69) is 10.0 Å². The first-order chi connectivity index (χ1) is 13.7. The van der Waals surface area contributed by atoms with Gasteiger partial charge in [-0.2, -0.15) is 17.9 Å². The molecule has 29 heavy (non-hydrogen) atoms. The Balaban J connectivity index is 1.85. The van der Waals surface area contributed by atoms with Crippen molar-refractivity contribution in [1.82, 2.24) is 4.72 Å². The highest BCUT2D eigenvalue weighted by Crippen LogP contribution is 2.30. The molecule has 1 aromatic heterocycles. The van der Waals surface area contributed by atoms with Gasteiger partial charge in [-0.15, -0.1) is 11.3 Å². The number of benzene rings is 2. The summed E-state index contributed by atoms with van der Waals surface area (Å²) in [5, 5.41) is 4.05. The molecule has 0 saturated carbocycles. The Bertz CT molecular complexity index is 1070. The largest absolute Gasteiger partial charge is 0.416 e. The fourth-order valence-electron chi connectivity index (χ4n) is 2.51. The Morgan fingerprint density at radius 3 is 2.14 bits per heavy atom. The molecule has 3 rings (SSSR count). The van der Waals surface area contributed by atoms with Crippen LogP contribution in [0, 0.1) is 0 Å². The van der Waals surface area contributed by atoms with Gasteiger partial charge < -0.3 is 5.32 Å². The molecule has 0 bridgehead atoms. The van der Waals surface area contributed by atoms with Gasteiger partial charge >= 0.3 is 6.18 Å². The van der Waals surface area contributed by atoms with Crippen molar-refractivity contribution in [1.29, 1.82) is 0 Å². The van der Waals surface area contributed by atoms with Crippen LogP contribution in [0.25, 0.3) is 0 Å². The summed E-state index contributed by atoms with van der Waals surface area (Å²) in [6.07, 6.45) is -4.49. The number of carbonyl (C=O) groups is 1.